The normalized spacial score (nSPS) is 20.1. The number of hydrogen-bond acceptors (Lipinski definition) is 3. The Morgan fingerprint density at radius 2 is 1.93 bits per heavy atom. The number of thioether (sulfide) groups is 1. The lowest BCUT2D eigenvalue weighted by atomic mass is 9.68. The van der Waals surface area contributed by atoms with Crippen molar-refractivity contribution in [2.75, 3.05) is 5.75 Å². The first-order valence-corrected chi connectivity index (χ1v) is 11.5. The fraction of sp³-hybridized carbons (Fsp3) is 0.500. The topological polar surface area (TPSA) is 34.9 Å². The standard InChI is InChI=1S/C24H26N2OS/c1-2-15-28-23-25-21-19-12-6-3-9-17(19)16-24(13-7-8-14-24)20(21)22(27)26(23)18-10-4-5-11-18/h1,3,6,9,12,18H,4-5,7-8,10-11,13-16H2. The fourth-order valence-electron chi connectivity index (χ4n) is 5.72. The number of benzene rings is 1. The molecule has 5 rings (SSSR count). The van der Waals surface area contributed by atoms with Crippen LogP contribution in [0.2, 0.25) is 0 Å². The van der Waals surface area contributed by atoms with Crippen LogP contribution in [0.15, 0.2) is 34.2 Å². The quantitative estimate of drug-likeness (QED) is 0.414. The third-order valence-electron chi connectivity index (χ3n) is 6.95. The molecular formula is C24H26N2OS. The zero-order valence-electron chi connectivity index (χ0n) is 16.2. The number of fused-ring (bicyclic) bond motifs is 4. The molecule has 0 radical (unpaired) electrons. The Hall–Kier alpha value is -1.99. The molecule has 1 heterocycles. The first-order valence-electron chi connectivity index (χ1n) is 10.5. The van der Waals surface area contributed by atoms with E-state index in [1.54, 1.807) is 11.8 Å². The van der Waals surface area contributed by atoms with E-state index in [1.165, 1.54) is 31.2 Å². The van der Waals surface area contributed by atoms with Gasteiger partial charge in [-0.25, -0.2) is 4.98 Å². The zero-order chi connectivity index (χ0) is 19.1. The molecule has 2 aromatic rings. The molecule has 0 atom stereocenters. The van der Waals surface area contributed by atoms with Crippen molar-refractivity contribution in [3.63, 3.8) is 0 Å². The van der Waals surface area contributed by atoms with Gasteiger partial charge < -0.3 is 0 Å². The van der Waals surface area contributed by atoms with Crippen LogP contribution >= 0.6 is 11.8 Å². The second-order valence-electron chi connectivity index (χ2n) is 8.55. The molecule has 1 spiro atoms. The lowest BCUT2D eigenvalue weighted by Crippen LogP contribution is -2.41. The zero-order valence-corrected chi connectivity index (χ0v) is 17.1. The highest BCUT2D eigenvalue weighted by Gasteiger charge is 2.45. The Bertz CT molecular complexity index is 1000. The van der Waals surface area contributed by atoms with E-state index in [1.807, 2.05) is 4.57 Å². The number of hydrogen-bond donors (Lipinski definition) is 0. The lowest BCUT2D eigenvalue weighted by molar-refractivity contribution is 0.395. The predicted molar refractivity (Wildman–Crippen MR) is 115 cm³/mol. The molecule has 4 heteroatoms. The molecule has 0 saturated heterocycles. The number of terminal acetylenes is 1. The second kappa shape index (κ2) is 7.12. The molecule has 3 aliphatic carbocycles. The van der Waals surface area contributed by atoms with E-state index in [2.05, 4.69) is 30.2 Å². The van der Waals surface area contributed by atoms with Crippen molar-refractivity contribution < 1.29 is 0 Å². The van der Waals surface area contributed by atoms with Crippen molar-refractivity contribution in [3.8, 4) is 23.6 Å². The monoisotopic (exact) mass is 390 g/mol. The van der Waals surface area contributed by atoms with Gasteiger partial charge in [0.25, 0.3) is 5.56 Å². The molecule has 3 nitrogen and oxygen atoms in total. The summed E-state index contributed by atoms with van der Waals surface area (Å²) in [6, 6.07) is 8.81. The summed E-state index contributed by atoms with van der Waals surface area (Å²) in [6.45, 7) is 0. The Labute approximate surface area is 171 Å². The first-order chi connectivity index (χ1) is 13.7. The van der Waals surface area contributed by atoms with Gasteiger partial charge in [0.05, 0.1) is 17.0 Å². The highest BCUT2D eigenvalue weighted by atomic mass is 32.2. The minimum absolute atomic E-state index is 0.0244. The van der Waals surface area contributed by atoms with E-state index in [0.29, 0.717) is 5.75 Å². The maximum atomic E-state index is 14.0. The molecule has 144 valence electrons. The van der Waals surface area contributed by atoms with Crippen molar-refractivity contribution in [3.05, 3.63) is 45.7 Å². The van der Waals surface area contributed by atoms with Crippen molar-refractivity contribution in [2.45, 2.75) is 74.4 Å². The summed E-state index contributed by atoms with van der Waals surface area (Å²) < 4.78 is 2.03. The number of aromatic nitrogens is 2. The van der Waals surface area contributed by atoms with E-state index in [4.69, 9.17) is 11.4 Å². The highest BCUT2D eigenvalue weighted by molar-refractivity contribution is 7.99. The van der Waals surface area contributed by atoms with Crippen molar-refractivity contribution in [2.24, 2.45) is 0 Å². The molecule has 1 aromatic heterocycles. The van der Waals surface area contributed by atoms with E-state index < -0.39 is 0 Å². The van der Waals surface area contributed by atoms with Crippen LogP contribution in [-0.2, 0) is 11.8 Å². The fourth-order valence-corrected chi connectivity index (χ4v) is 6.46. The number of nitrogens with zero attached hydrogens (tertiary/aromatic N) is 2. The molecule has 2 fully saturated rings. The largest absolute Gasteiger partial charge is 0.284 e. The van der Waals surface area contributed by atoms with Crippen molar-refractivity contribution in [1.82, 2.24) is 9.55 Å². The molecule has 0 amide bonds. The average molecular weight is 391 g/mol. The van der Waals surface area contributed by atoms with E-state index in [-0.39, 0.29) is 17.0 Å². The maximum Gasteiger partial charge on any atom is 0.258 e. The smallest absolute Gasteiger partial charge is 0.258 e. The minimum atomic E-state index is -0.0244. The Morgan fingerprint density at radius 1 is 1.18 bits per heavy atom. The third-order valence-corrected chi connectivity index (χ3v) is 7.81. The van der Waals surface area contributed by atoms with Gasteiger partial charge in [-0.2, -0.15) is 0 Å². The van der Waals surface area contributed by atoms with Gasteiger partial charge in [0.1, 0.15) is 0 Å². The van der Waals surface area contributed by atoms with Crippen LogP contribution in [0.1, 0.15) is 68.5 Å². The first kappa shape index (κ1) is 18.1. The molecule has 2 saturated carbocycles. The summed E-state index contributed by atoms with van der Waals surface area (Å²) in [5, 5.41) is 0.818. The molecule has 0 N–H and O–H groups in total. The van der Waals surface area contributed by atoms with Crippen molar-refractivity contribution >= 4 is 11.8 Å². The van der Waals surface area contributed by atoms with Gasteiger partial charge in [0, 0.05) is 17.0 Å². The summed E-state index contributed by atoms with van der Waals surface area (Å²) in [5.41, 5.74) is 4.61. The van der Waals surface area contributed by atoms with E-state index in [9.17, 15) is 4.79 Å². The Balaban J connectivity index is 1.79. The average Bonchev–Trinajstić information content (AvgIpc) is 3.39. The summed E-state index contributed by atoms with van der Waals surface area (Å²) in [6.07, 6.45) is 15.7. The van der Waals surface area contributed by atoms with Crippen LogP contribution in [0.25, 0.3) is 11.3 Å². The highest BCUT2D eigenvalue weighted by Crippen LogP contribution is 2.50. The SMILES string of the molecule is C#CCSc1nc2c(c(=O)n1C1CCCC1)C1(CCCC1)Cc1ccccc1-2. The van der Waals surface area contributed by atoms with Crippen LogP contribution in [0, 0.1) is 12.3 Å². The second-order valence-corrected chi connectivity index (χ2v) is 9.49. The van der Waals surface area contributed by atoms with Gasteiger partial charge in [0.15, 0.2) is 5.16 Å². The summed E-state index contributed by atoms with van der Waals surface area (Å²) in [4.78, 5) is 19.2. The van der Waals surface area contributed by atoms with Gasteiger partial charge >= 0.3 is 0 Å². The molecular weight excluding hydrogens is 364 g/mol. The molecule has 1 aromatic carbocycles. The van der Waals surface area contributed by atoms with Gasteiger partial charge in [0.2, 0.25) is 0 Å². The van der Waals surface area contributed by atoms with Crippen LogP contribution in [0.4, 0.5) is 0 Å². The molecule has 0 bridgehead atoms. The lowest BCUT2D eigenvalue weighted by Gasteiger charge is -2.37. The van der Waals surface area contributed by atoms with Gasteiger partial charge in [-0.05, 0) is 37.7 Å². The van der Waals surface area contributed by atoms with Crippen molar-refractivity contribution in [1.29, 1.82) is 0 Å². The molecule has 0 aliphatic heterocycles. The minimum Gasteiger partial charge on any atom is -0.284 e. The molecule has 3 aliphatic rings. The van der Waals surface area contributed by atoms with Gasteiger partial charge in [-0.3, -0.25) is 9.36 Å². The van der Waals surface area contributed by atoms with Crippen LogP contribution in [-0.4, -0.2) is 15.3 Å². The summed E-state index contributed by atoms with van der Waals surface area (Å²) in [5.74, 6) is 3.26. The van der Waals surface area contributed by atoms with Crippen LogP contribution < -0.4 is 5.56 Å². The predicted octanol–water partition coefficient (Wildman–Crippen LogP) is 5.12. The molecule has 28 heavy (non-hydrogen) atoms. The maximum absolute atomic E-state index is 14.0. The molecule has 0 unspecified atom stereocenters. The third kappa shape index (κ3) is 2.75. The Morgan fingerprint density at radius 3 is 2.68 bits per heavy atom. The number of rotatable bonds is 3. The van der Waals surface area contributed by atoms with Gasteiger partial charge in [-0.1, -0.05) is 67.6 Å². The van der Waals surface area contributed by atoms with Gasteiger partial charge in [-0.15, -0.1) is 6.42 Å². The van der Waals surface area contributed by atoms with E-state index in [0.717, 1.165) is 54.1 Å². The Kier molecular flexibility index (Phi) is 4.59. The van der Waals surface area contributed by atoms with Crippen LogP contribution in [0.3, 0.4) is 0 Å². The summed E-state index contributed by atoms with van der Waals surface area (Å²) in [7, 11) is 0. The van der Waals surface area contributed by atoms with E-state index >= 15 is 0 Å². The van der Waals surface area contributed by atoms with Crippen LogP contribution in [0.5, 0.6) is 0 Å². The summed E-state index contributed by atoms with van der Waals surface area (Å²) >= 11 is 1.54.